The zero-order chi connectivity index (χ0) is 14.7. The lowest BCUT2D eigenvalue weighted by molar-refractivity contribution is -0.137. The lowest BCUT2D eigenvalue weighted by Gasteiger charge is -2.26. The first-order valence-electron chi connectivity index (χ1n) is 7.15. The zero-order valence-electron chi connectivity index (χ0n) is 12.1. The average Bonchev–Trinajstić information content (AvgIpc) is 2.36. The van der Waals surface area contributed by atoms with E-state index >= 15 is 0 Å². The Labute approximate surface area is 115 Å². The Morgan fingerprint density at radius 2 is 1.58 bits per heavy atom. The third-order valence-electron chi connectivity index (χ3n) is 3.34. The maximum absolute atomic E-state index is 10.6. The summed E-state index contributed by atoms with van der Waals surface area (Å²) in [6, 6.07) is 0. The molecule has 5 nitrogen and oxygen atoms in total. The Morgan fingerprint density at radius 1 is 1.05 bits per heavy atom. The number of carboxylic acid groups (broad SMARTS) is 2. The standard InChI is InChI=1S/C14H27NO4/c1-3-5-6-12(4-2)11-15(9-7-13(16)17)10-8-14(18)19/h12H,3-11H2,1-2H3,(H,16,17)(H,18,19)/t12-/m0/s1. The van der Waals surface area contributed by atoms with Crippen molar-refractivity contribution in [1.29, 1.82) is 0 Å². The van der Waals surface area contributed by atoms with Crippen LogP contribution in [-0.4, -0.2) is 46.7 Å². The summed E-state index contributed by atoms with van der Waals surface area (Å²) < 4.78 is 0. The fourth-order valence-corrected chi connectivity index (χ4v) is 2.08. The molecule has 0 aromatic rings. The van der Waals surface area contributed by atoms with Crippen LogP contribution in [0.2, 0.25) is 0 Å². The summed E-state index contributed by atoms with van der Waals surface area (Å²) in [7, 11) is 0. The molecule has 0 spiro atoms. The molecule has 2 N–H and O–H groups in total. The summed E-state index contributed by atoms with van der Waals surface area (Å²) in [5, 5.41) is 17.5. The van der Waals surface area contributed by atoms with Crippen molar-refractivity contribution in [2.75, 3.05) is 19.6 Å². The minimum absolute atomic E-state index is 0.0732. The van der Waals surface area contributed by atoms with Crippen LogP contribution in [0, 0.1) is 5.92 Å². The molecule has 0 saturated heterocycles. The van der Waals surface area contributed by atoms with Gasteiger partial charge in [-0.2, -0.15) is 0 Å². The van der Waals surface area contributed by atoms with Gasteiger partial charge >= 0.3 is 11.9 Å². The lowest BCUT2D eigenvalue weighted by atomic mass is 9.98. The monoisotopic (exact) mass is 273 g/mol. The zero-order valence-corrected chi connectivity index (χ0v) is 12.1. The van der Waals surface area contributed by atoms with E-state index in [2.05, 4.69) is 13.8 Å². The average molecular weight is 273 g/mol. The highest BCUT2D eigenvalue weighted by molar-refractivity contribution is 5.67. The molecule has 1 atom stereocenters. The maximum Gasteiger partial charge on any atom is 0.304 e. The van der Waals surface area contributed by atoms with E-state index in [4.69, 9.17) is 10.2 Å². The van der Waals surface area contributed by atoms with Gasteiger partial charge in [0, 0.05) is 19.6 Å². The fourth-order valence-electron chi connectivity index (χ4n) is 2.08. The van der Waals surface area contributed by atoms with E-state index in [-0.39, 0.29) is 12.8 Å². The molecule has 5 heteroatoms. The van der Waals surface area contributed by atoms with Crippen LogP contribution in [0.5, 0.6) is 0 Å². The van der Waals surface area contributed by atoms with Gasteiger partial charge < -0.3 is 15.1 Å². The third-order valence-corrected chi connectivity index (χ3v) is 3.34. The molecule has 0 aromatic carbocycles. The second-order valence-electron chi connectivity index (χ2n) is 5.00. The Hall–Kier alpha value is -1.10. The van der Waals surface area contributed by atoms with Crippen LogP contribution in [0.3, 0.4) is 0 Å². The summed E-state index contributed by atoms with van der Waals surface area (Å²) in [5.41, 5.74) is 0. The molecular weight excluding hydrogens is 246 g/mol. The Bertz CT molecular complexity index is 250. The molecule has 0 fully saturated rings. The highest BCUT2D eigenvalue weighted by Gasteiger charge is 2.14. The van der Waals surface area contributed by atoms with Gasteiger partial charge in [-0.25, -0.2) is 0 Å². The molecule has 0 saturated carbocycles. The number of aliphatic carboxylic acids is 2. The van der Waals surface area contributed by atoms with Gasteiger partial charge in [-0.15, -0.1) is 0 Å². The third kappa shape index (κ3) is 10.5. The first-order valence-corrected chi connectivity index (χ1v) is 7.15. The van der Waals surface area contributed by atoms with Crippen LogP contribution in [0.25, 0.3) is 0 Å². The molecular formula is C14H27NO4. The van der Waals surface area contributed by atoms with E-state index in [1.807, 2.05) is 4.90 Å². The fraction of sp³-hybridized carbons (Fsp3) is 0.857. The molecule has 0 aromatic heterocycles. The quantitative estimate of drug-likeness (QED) is 0.571. The molecule has 0 heterocycles. The van der Waals surface area contributed by atoms with Crippen molar-refractivity contribution in [3.63, 3.8) is 0 Å². The Morgan fingerprint density at radius 3 is 1.95 bits per heavy atom. The minimum Gasteiger partial charge on any atom is -0.481 e. The van der Waals surface area contributed by atoms with Gasteiger partial charge in [0.05, 0.1) is 12.8 Å². The molecule has 0 aliphatic heterocycles. The summed E-state index contributed by atoms with van der Waals surface area (Å²) in [5.74, 6) is -1.13. The van der Waals surface area contributed by atoms with Gasteiger partial charge in [0.2, 0.25) is 0 Å². The van der Waals surface area contributed by atoms with Gasteiger partial charge in [-0.1, -0.05) is 33.1 Å². The number of hydrogen-bond donors (Lipinski definition) is 2. The van der Waals surface area contributed by atoms with Crippen molar-refractivity contribution < 1.29 is 19.8 Å². The topological polar surface area (TPSA) is 77.8 Å². The van der Waals surface area contributed by atoms with E-state index in [9.17, 15) is 9.59 Å². The molecule has 0 radical (unpaired) electrons. The molecule has 0 aliphatic rings. The van der Waals surface area contributed by atoms with Gasteiger partial charge in [-0.3, -0.25) is 9.59 Å². The molecule has 19 heavy (non-hydrogen) atoms. The van der Waals surface area contributed by atoms with E-state index in [0.717, 1.165) is 25.8 Å². The van der Waals surface area contributed by atoms with Crippen LogP contribution >= 0.6 is 0 Å². The minimum atomic E-state index is -0.832. The van der Waals surface area contributed by atoms with Crippen LogP contribution in [0.1, 0.15) is 52.4 Å². The van der Waals surface area contributed by atoms with Crippen molar-refractivity contribution in [2.45, 2.75) is 52.4 Å². The second kappa shape index (κ2) is 10.8. The van der Waals surface area contributed by atoms with Crippen molar-refractivity contribution in [1.82, 2.24) is 4.90 Å². The van der Waals surface area contributed by atoms with E-state index in [0.29, 0.717) is 19.0 Å². The van der Waals surface area contributed by atoms with Crippen molar-refractivity contribution in [3.8, 4) is 0 Å². The van der Waals surface area contributed by atoms with Crippen LogP contribution in [0.4, 0.5) is 0 Å². The SMILES string of the molecule is CCCC[C@H](CC)CN(CCC(=O)O)CCC(=O)O. The summed E-state index contributed by atoms with van der Waals surface area (Å²) in [6.07, 6.45) is 4.65. The number of rotatable bonds is 12. The highest BCUT2D eigenvalue weighted by Crippen LogP contribution is 2.14. The molecule has 0 rings (SSSR count). The largest absolute Gasteiger partial charge is 0.481 e. The molecule has 0 amide bonds. The van der Waals surface area contributed by atoms with Crippen LogP contribution < -0.4 is 0 Å². The molecule has 0 aliphatic carbocycles. The highest BCUT2D eigenvalue weighted by atomic mass is 16.4. The van der Waals surface area contributed by atoms with E-state index in [1.54, 1.807) is 0 Å². The second-order valence-corrected chi connectivity index (χ2v) is 5.00. The molecule has 112 valence electrons. The number of carboxylic acids is 2. The number of unbranched alkanes of at least 4 members (excludes halogenated alkanes) is 1. The predicted octanol–water partition coefficient (Wildman–Crippen LogP) is 2.45. The van der Waals surface area contributed by atoms with E-state index < -0.39 is 11.9 Å². The first-order chi connectivity index (χ1) is 8.99. The maximum atomic E-state index is 10.6. The van der Waals surface area contributed by atoms with E-state index in [1.165, 1.54) is 6.42 Å². The molecule has 0 unspecified atom stereocenters. The van der Waals surface area contributed by atoms with Crippen molar-refractivity contribution in [3.05, 3.63) is 0 Å². The van der Waals surface area contributed by atoms with Gasteiger partial charge in [0.1, 0.15) is 0 Å². The summed E-state index contributed by atoms with van der Waals surface area (Å²) in [4.78, 5) is 23.2. The van der Waals surface area contributed by atoms with Gasteiger partial charge in [-0.05, 0) is 12.3 Å². The normalized spacial score (nSPS) is 12.6. The summed E-state index contributed by atoms with van der Waals surface area (Å²) in [6.45, 7) is 5.96. The predicted molar refractivity (Wildman–Crippen MR) is 74.3 cm³/mol. The van der Waals surface area contributed by atoms with Crippen molar-refractivity contribution in [2.24, 2.45) is 5.92 Å². The van der Waals surface area contributed by atoms with Crippen LogP contribution in [-0.2, 0) is 9.59 Å². The van der Waals surface area contributed by atoms with Gasteiger partial charge in [0.25, 0.3) is 0 Å². The Balaban J connectivity index is 4.26. The smallest absolute Gasteiger partial charge is 0.304 e. The van der Waals surface area contributed by atoms with Crippen molar-refractivity contribution >= 4 is 11.9 Å². The van der Waals surface area contributed by atoms with Crippen LogP contribution in [0.15, 0.2) is 0 Å². The lowest BCUT2D eigenvalue weighted by Crippen LogP contribution is -2.33. The summed E-state index contributed by atoms with van der Waals surface area (Å²) >= 11 is 0. The number of hydrogen-bond acceptors (Lipinski definition) is 3. The first kappa shape index (κ1) is 17.9. The Kier molecular flexibility index (Phi) is 10.2. The number of nitrogens with zero attached hydrogens (tertiary/aromatic N) is 1. The molecule has 0 bridgehead atoms. The number of carbonyl (C=O) groups is 2. The van der Waals surface area contributed by atoms with Gasteiger partial charge in [0.15, 0.2) is 0 Å².